The van der Waals surface area contributed by atoms with Crippen molar-refractivity contribution in [3.05, 3.63) is 18.7 Å². The Labute approximate surface area is 146 Å². The van der Waals surface area contributed by atoms with Gasteiger partial charge in [0.05, 0.1) is 6.33 Å². The zero-order chi connectivity index (χ0) is 17.0. The molecule has 0 aromatic carbocycles. The standard InChI is InChI=1S/C19H32N4O/c1-17(22-14-11-20-16-22)18(24)21(2)15-19(9-5-3-6-10-19)23-12-7-4-8-13-23/h11,14,16-17H,3-10,12-13,15H2,1-2H3/t17-/m1/s1. The van der Waals surface area contributed by atoms with Crippen LogP contribution in [0.3, 0.4) is 0 Å². The van der Waals surface area contributed by atoms with Crippen molar-refractivity contribution >= 4 is 5.91 Å². The van der Waals surface area contributed by atoms with Gasteiger partial charge in [0, 0.05) is 31.5 Å². The molecule has 5 nitrogen and oxygen atoms in total. The number of amides is 1. The number of carbonyl (C=O) groups is 1. The number of rotatable bonds is 5. The molecule has 2 fully saturated rings. The molecule has 134 valence electrons. The van der Waals surface area contributed by atoms with Crippen molar-refractivity contribution in [3.63, 3.8) is 0 Å². The number of nitrogens with zero attached hydrogens (tertiary/aromatic N) is 4. The summed E-state index contributed by atoms with van der Waals surface area (Å²) in [6.45, 7) is 5.25. The minimum Gasteiger partial charge on any atom is -0.342 e. The summed E-state index contributed by atoms with van der Waals surface area (Å²) in [5, 5.41) is 0. The summed E-state index contributed by atoms with van der Waals surface area (Å²) in [6, 6.07) is -0.181. The van der Waals surface area contributed by atoms with Crippen molar-refractivity contribution in [2.24, 2.45) is 0 Å². The van der Waals surface area contributed by atoms with Crippen LogP contribution in [0, 0.1) is 0 Å². The molecular weight excluding hydrogens is 300 g/mol. The summed E-state index contributed by atoms with van der Waals surface area (Å²) < 4.78 is 1.90. The second-order valence-electron chi connectivity index (χ2n) is 7.71. The highest BCUT2D eigenvalue weighted by Gasteiger charge is 2.40. The van der Waals surface area contributed by atoms with Gasteiger partial charge in [-0.2, -0.15) is 0 Å². The lowest BCUT2D eigenvalue weighted by atomic mass is 9.78. The third kappa shape index (κ3) is 3.66. The van der Waals surface area contributed by atoms with E-state index in [2.05, 4.69) is 9.88 Å². The van der Waals surface area contributed by atoms with Gasteiger partial charge in [0.2, 0.25) is 5.91 Å². The van der Waals surface area contributed by atoms with Gasteiger partial charge in [-0.25, -0.2) is 4.98 Å². The van der Waals surface area contributed by atoms with Crippen LogP contribution in [0.4, 0.5) is 0 Å². The first-order chi connectivity index (χ1) is 11.6. The number of likely N-dealkylation sites (tertiary alicyclic amines) is 1. The Morgan fingerprint density at radius 3 is 2.46 bits per heavy atom. The fraction of sp³-hybridized carbons (Fsp3) is 0.789. The van der Waals surface area contributed by atoms with E-state index in [0.29, 0.717) is 0 Å². The Morgan fingerprint density at radius 1 is 1.17 bits per heavy atom. The molecule has 2 heterocycles. The van der Waals surface area contributed by atoms with Crippen LogP contribution in [0.15, 0.2) is 18.7 Å². The van der Waals surface area contributed by atoms with Crippen LogP contribution in [-0.4, -0.2) is 57.5 Å². The second-order valence-corrected chi connectivity index (χ2v) is 7.71. The lowest BCUT2D eigenvalue weighted by Crippen LogP contribution is -2.58. The monoisotopic (exact) mass is 332 g/mol. The number of likely N-dealkylation sites (N-methyl/N-ethyl adjacent to an activating group) is 1. The molecule has 24 heavy (non-hydrogen) atoms. The van der Waals surface area contributed by atoms with Gasteiger partial charge in [-0.1, -0.05) is 25.7 Å². The summed E-state index contributed by atoms with van der Waals surface area (Å²) in [7, 11) is 1.98. The first-order valence-corrected chi connectivity index (χ1v) is 9.60. The van der Waals surface area contributed by atoms with E-state index in [9.17, 15) is 4.79 Å². The van der Waals surface area contributed by atoms with E-state index in [1.165, 1.54) is 64.5 Å². The second kappa shape index (κ2) is 7.68. The van der Waals surface area contributed by atoms with Crippen molar-refractivity contribution in [2.75, 3.05) is 26.7 Å². The lowest BCUT2D eigenvalue weighted by molar-refractivity contribution is -0.135. The molecule has 0 radical (unpaired) electrons. The minimum atomic E-state index is -0.181. The van der Waals surface area contributed by atoms with Gasteiger partial charge in [0.15, 0.2) is 0 Å². The third-order valence-corrected chi connectivity index (χ3v) is 6.05. The fourth-order valence-electron chi connectivity index (χ4n) is 4.62. The first kappa shape index (κ1) is 17.5. The first-order valence-electron chi connectivity index (χ1n) is 9.60. The molecule has 0 N–H and O–H groups in total. The molecule has 0 unspecified atom stereocenters. The number of piperidine rings is 1. The van der Waals surface area contributed by atoms with E-state index in [1.54, 1.807) is 12.5 Å². The van der Waals surface area contributed by atoms with Gasteiger partial charge in [0.1, 0.15) is 6.04 Å². The molecule has 1 aromatic rings. The molecule has 1 saturated carbocycles. The van der Waals surface area contributed by atoms with Gasteiger partial charge in [-0.15, -0.1) is 0 Å². The van der Waals surface area contributed by atoms with Crippen molar-refractivity contribution < 1.29 is 4.79 Å². The van der Waals surface area contributed by atoms with E-state index >= 15 is 0 Å². The molecule has 1 aliphatic heterocycles. The van der Waals surface area contributed by atoms with Crippen LogP contribution < -0.4 is 0 Å². The fourth-order valence-corrected chi connectivity index (χ4v) is 4.62. The Bertz CT molecular complexity index is 515. The topological polar surface area (TPSA) is 41.4 Å². The normalized spacial score (nSPS) is 22.9. The van der Waals surface area contributed by atoms with Crippen molar-refractivity contribution in [1.29, 1.82) is 0 Å². The zero-order valence-electron chi connectivity index (χ0n) is 15.3. The Morgan fingerprint density at radius 2 is 1.83 bits per heavy atom. The number of carbonyl (C=O) groups excluding carboxylic acids is 1. The number of hydrogen-bond acceptors (Lipinski definition) is 3. The molecular formula is C19H32N4O. The van der Waals surface area contributed by atoms with E-state index in [0.717, 1.165) is 6.54 Å². The summed E-state index contributed by atoms with van der Waals surface area (Å²) in [6.07, 6.45) is 15.8. The maximum atomic E-state index is 12.9. The minimum absolute atomic E-state index is 0.181. The van der Waals surface area contributed by atoms with Crippen LogP contribution in [0.25, 0.3) is 0 Å². The quantitative estimate of drug-likeness (QED) is 0.832. The maximum absolute atomic E-state index is 12.9. The van der Waals surface area contributed by atoms with E-state index in [4.69, 9.17) is 0 Å². The van der Waals surface area contributed by atoms with Gasteiger partial charge in [-0.3, -0.25) is 9.69 Å². The number of imidazole rings is 1. The lowest BCUT2D eigenvalue weighted by Gasteiger charge is -2.50. The summed E-state index contributed by atoms with van der Waals surface area (Å²) >= 11 is 0. The smallest absolute Gasteiger partial charge is 0.245 e. The zero-order valence-corrected chi connectivity index (χ0v) is 15.3. The van der Waals surface area contributed by atoms with Gasteiger partial charge in [0.25, 0.3) is 0 Å². The third-order valence-electron chi connectivity index (χ3n) is 6.05. The van der Waals surface area contributed by atoms with Crippen LogP contribution in [-0.2, 0) is 4.79 Å². The average molecular weight is 332 g/mol. The molecule has 1 saturated heterocycles. The largest absolute Gasteiger partial charge is 0.342 e. The average Bonchev–Trinajstić information content (AvgIpc) is 3.16. The molecule has 2 aliphatic rings. The van der Waals surface area contributed by atoms with E-state index in [-0.39, 0.29) is 17.5 Å². The van der Waals surface area contributed by atoms with Gasteiger partial charge in [-0.05, 0) is 45.7 Å². The molecule has 1 aromatic heterocycles. The van der Waals surface area contributed by atoms with Crippen LogP contribution >= 0.6 is 0 Å². The molecule has 1 aliphatic carbocycles. The number of aromatic nitrogens is 2. The van der Waals surface area contributed by atoms with Crippen LogP contribution in [0.2, 0.25) is 0 Å². The summed E-state index contributed by atoms with van der Waals surface area (Å²) in [4.78, 5) is 21.7. The highest BCUT2D eigenvalue weighted by molar-refractivity contribution is 5.79. The molecule has 0 spiro atoms. The highest BCUT2D eigenvalue weighted by atomic mass is 16.2. The van der Waals surface area contributed by atoms with Crippen molar-refractivity contribution in [3.8, 4) is 0 Å². The predicted molar refractivity (Wildman–Crippen MR) is 95.8 cm³/mol. The van der Waals surface area contributed by atoms with Gasteiger partial charge >= 0.3 is 0 Å². The highest BCUT2D eigenvalue weighted by Crippen LogP contribution is 2.36. The summed E-state index contributed by atoms with van der Waals surface area (Å²) in [5.41, 5.74) is 0.206. The SMILES string of the molecule is C[C@H](C(=O)N(C)CC1(N2CCCCC2)CCCCC1)n1ccnc1. The molecule has 1 amide bonds. The number of hydrogen-bond donors (Lipinski definition) is 0. The van der Waals surface area contributed by atoms with Crippen molar-refractivity contribution in [2.45, 2.75) is 69.9 Å². The molecule has 5 heteroatoms. The van der Waals surface area contributed by atoms with Gasteiger partial charge < -0.3 is 9.47 Å². The summed E-state index contributed by atoms with van der Waals surface area (Å²) in [5.74, 6) is 0.190. The van der Waals surface area contributed by atoms with Crippen LogP contribution in [0.5, 0.6) is 0 Å². The molecule has 3 rings (SSSR count). The predicted octanol–water partition coefficient (Wildman–Crippen LogP) is 3.09. The molecule has 0 bridgehead atoms. The van der Waals surface area contributed by atoms with E-state index < -0.39 is 0 Å². The Hall–Kier alpha value is -1.36. The Kier molecular flexibility index (Phi) is 5.59. The molecule has 1 atom stereocenters. The van der Waals surface area contributed by atoms with Crippen molar-refractivity contribution in [1.82, 2.24) is 19.4 Å². The van der Waals surface area contributed by atoms with E-state index in [1.807, 2.05) is 29.6 Å². The maximum Gasteiger partial charge on any atom is 0.245 e. The Balaban J connectivity index is 1.70. The van der Waals surface area contributed by atoms with Crippen LogP contribution in [0.1, 0.15) is 64.3 Å².